The van der Waals surface area contributed by atoms with E-state index >= 15 is 0 Å². The lowest BCUT2D eigenvalue weighted by molar-refractivity contribution is 0.522. The van der Waals surface area contributed by atoms with Crippen LogP contribution in [0.5, 0.6) is 0 Å². The van der Waals surface area contributed by atoms with Crippen LogP contribution < -0.4 is 5.73 Å². The summed E-state index contributed by atoms with van der Waals surface area (Å²) in [6.07, 6.45) is 0. The van der Waals surface area contributed by atoms with Gasteiger partial charge >= 0.3 is 0 Å². The fourth-order valence-corrected chi connectivity index (χ4v) is 1.47. The van der Waals surface area contributed by atoms with Crippen molar-refractivity contribution in [1.29, 1.82) is 0 Å². The Morgan fingerprint density at radius 1 is 1.31 bits per heavy atom. The van der Waals surface area contributed by atoms with E-state index < -0.39 is 5.79 Å². The SMILES string of the molecule is CC1=NC(C)(/N=C(\N)c2ccccc2)N=N1. The van der Waals surface area contributed by atoms with Gasteiger partial charge in [-0.05, 0) is 6.92 Å². The van der Waals surface area contributed by atoms with Crippen molar-refractivity contribution in [2.75, 3.05) is 0 Å². The average Bonchev–Trinajstić information content (AvgIpc) is 2.59. The number of aliphatic imine (C=N–C) groups is 2. The van der Waals surface area contributed by atoms with Crippen molar-refractivity contribution in [3.8, 4) is 0 Å². The van der Waals surface area contributed by atoms with Crippen molar-refractivity contribution in [2.45, 2.75) is 19.6 Å². The van der Waals surface area contributed by atoms with Gasteiger partial charge in [-0.3, -0.25) is 0 Å². The molecule has 5 nitrogen and oxygen atoms in total. The molecule has 0 aliphatic carbocycles. The van der Waals surface area contributed by atoms with Gasteiger partial charge in [-0.2, -0.15) is 0 Å². The monoisotopic (exact) mass is 215 g/mol. The van der Waals surface area contributed by atoms with Crippen molar-refractivity contribution in [3.63, 3.8) is 0 Å². The van der Waals surface area contributed by atoms with Crippen LogP contribution in [0.1, 0.15) is 19.4 Å². The maximum Gasteiger partial charge on any atom is 0.264 e. The van der Waals surface area contributed by atoms with Crippen LogP contribution in [0, 0.1) is 0 Å². The molecule has 1 aliphatic rings. The molecule has 2 rings (SSSR count). The van der Waals surface area contributed by atoms with Crippen LogP contribution in [0.15, 0.2) is 50.5 Å². The number of amidine groups is 2. The first-order chi connectivity index (χ1) is 7.59. The molecule has 1 atom stereocenters. The van der Waals surface area contributed by atoms with Crippen molar-refractivity contribution in [1.82, 2.24) is 0 Å². The molecule has 1 aliphatic heterocycles. The normalized spacial score (nSPS) is 24.6. The highest BCUT2D eigenvalue weighted by atomic mass is 15.4. The third kappa shape index (κ3) is 2.13. The third-order valence-electron chi connectivity index (χ3n) is 2.16. The molecule has 0 bridgehead atoms. The molecule has 1 aromatic carbocycles. The van der Waals surface area contributed by atoms with E-state index in [2.05, 4.69) is 20.2 Å². The van der Waals surface area contributed by atoms with Crippen LogP contribution in [0.25, 0.3) is 0 Å². The van der Waals surface area contributed by atoms with Crippen molar-refractivity contribution < 1.29 is 0 Å². The summed E-state index contributed by atoms with van der Waals surface area (Å²) in [4.78, 5) is 8.48. The maximum atomic E-state index is 5.88. The first kappa shape index (κ1) is 10.5. The maximum absolute atomic E-state index is 5.88. The molecule has 0 aromatic heterocycles. The Morgan fingerprint density at radius 2 is 2.00 bits per heavy atom. The van der Waals surface area contributed by atoms with Gasteiger partial charge in [0, 0.05) is 12.5 Å². The molecule has 2 N–H and O–H groups in total. The standard InChI is InChI=1S/C11H13N5/c1-8-13-11(2,16-15-8)14-10(12)9-6-4-3-5-7-9/h3-7H,1-2H3,(H2,12,14). The largest absolute Gasteiger partial charge is 0.383 e. The summed E-state index contributed by atoms with van der Waals surface area (Å²) in [7, 11) is 0. The van der Waals surface area contributed by atoms with Gasteiger partial charge in [0.05, 0.1) is 0 Å². The number of nitrogens with two attached hydrogens (primary N) is 1. The molecule has 0 fully saturated rings. The molecule has 0 radical (unpaired) electrons. The number of rotatable bonds is 2. The molecule has 0 amide bonds. The van der Waals surface area contributed by atoms with E-state index in [0.29, 0.717) is 11.7 Å². The van der Waals surface area contributed by atoms with Crippen molar-refractivity contribution in [3.05, 3.63) is 35.9 Å². The summed E-state index contributed by atoms with van der Waals surface area (Å²) >= 11 is 0. The minimum atomic E-state index is -0.899. The van der Waals surface area contributed by atoms with Crippen LogP contribution in [-0.2, 0) is 0 Å². The molecule has 16 heavy (non-hydrogen) atoms. The summed E-state index contributed by atoms with van der Waals surface area (Å²) in [5.41, 5.74) is 6.74. The van der Waals surface area contributed by atoms with Gasteiger partial charge in [-0.25, -0.2) is 9.98 Å². The molecule has 0 spiro atoms. The highest BCUT2D eigenvalue weighted by molar-refractivity contribution is 5.97. The number of benzene rings is 1. The Morgan fingerprint density at radius 3 is 2.56 bits per heavy atom. The third-order valence-corrected chi connectivity index (χ3v) is 2.16. The Hall–Kier alpha value is -2.04. The number of nitrogens with zero attached hydrogens (tertiary/aromatic N) is 4. The van der Waals surface area contributed by atoms with E-state index in [1.807, 2.05) is 30.3 Å². The number of azo groups is 1. The summed E-state index contributed by atoms with van der Waals surface area (Å²) in [5.74, 6) is 0.136. The van der Waals surface area contributed by atoms with Crippen LogP contribution in [0.3, 0.4) is 0 Å². The molecule has 82 valence electrons. The zero-order valence-electron chi connectivity index (χ0n) is 9.25. The van der Waals surface area contributed by atoms with Gasteiger partial charge in [0.1, 0.15) is 11.7 Å². The van der Waals surface area contributed by atoms with Crippen molar-refractivity contribution >= 4 is 11.7 Å². The van der Waals surface area contributed by atoms with E-state index in [1.165, 1.54) is 0 Å². The lowest BCUT2D eigenvalue weighted by Crippen LogP contribution is -2.22. The molecule has 0 saturated carbocycles. The van der Waals surface area contributed by atoms with E-state index in [0.717, 1.165) is 5.56 Å². The predicted octanol–water partition coefficient (Wildman–Crippen LogP) is 1.95. The molecule has 5 heteroatoms. The summed E-state index contributed by atoms with van der Waals surface area (Å²) < 4.78 is 0. The molecular weight excluding hydrogens is 202 g/mol. The summed E-state index contributed by atoms with van der Waals surface area (Å²) in [5, 5.41) is 7.82. The van der Waals surface area contributed by atoms with Gasteiger partial charge in [-0.1, -0.05) is 30.3 Å². The van der Waals surface area contributed by atoms with Crippen LogP contribution in [-0.4, -0.2) is 17.5 Å². The molecular formula is C11H13N5. The lowest BCUT2D eigenvalue weighted by atomic mass is 10.2. The summed E-state index contributed by atoms with van der Waals surface area (Å²) in [6, 6.07) is 9.53. The van der Waals surface area contributed by atoms with Gasteiger partial charge in [0.15, 0.2) is 0 Å². The smallest absolute Gasteiger partial charge is 0.264 e. The van der Waals surface area contributed by atoms with Gasteiger partial charge in [0.25, 0.3) is 5.79 Å². The molecule has 1 heterocycles. The van der Waals surface area contributed by atoms with Gasteiger partial charge < -0.3 is 5.73 Å². The molecule has 1 aromatic rings. The van der Waals surface area contributed by atoms with Crippen LogP contribution in [0.4, 0.5) is 0 Å². The van der Waals surface area contributed by atoms with E-state index in [4.69, 9.17) is 5.73 Å². The van der Waals surface area contributed by atoms with Crippen LogP contribution >= 0.6 is 0 Å². The first-order valence-electron chi connectivity index (χ1n) is 4.99. The average molecular weight is 215 g/mol. The van der Waals surface area contributed by atoms with Crippen LogP contribution in [0.2, 0.25) is 0 Å². The molecule has 0 saturated heterocycles. The quantitative estimate of drug-likeness (QED) is 0.594. The van der Waals surface area contributed by atoms with Gasteiger partial charge in [0.2, 0.25) is 0 Å². The predicted molar refractivity (Wildman–Crippen MR) is 63.5 cm³/mol. The second-order valence-electron chi connectivity index (χ2n) is 3.69. The van der Waals surface area contributed by atoms with E-state index in [-0.39, 0.29) is 0 Å². The Bertz CT molecular complexity index is 474. The first-order valence-corrected chi connectivity index (χ1v) is 4.99. The van der Waals surface area contributed by atoms with E-state index in [1.54, 1.807) is 13.8 Å². The van der Waals surface area contributed by atoms with Crippen molar-refractivity contribution in [2.24, 2.45) is 25.9 Å². The zero-order chi connectivity index (χ0) is 11.6. The zero-order valence-corrected chi connectivity index (χ0v) is 9.25. The Labute approximate surface area is 93.8 Å². The van der Waals surface area contributed by atoms with Gasteiger partial charge in [-0.15, -0.1) is 10.2 Å². The number of hydrogen-bond acceptors (Lipinski definition) is 4. The fourth-order valence-electron chi connectivity index (χ4n) is 1.47. The van der Waals surface area contributed by atoms with E-state index in [9.17, 15) is 0 Å². The Kier molecular flexibility index (Phi) is 2.52. The topological polar surface area (TPSA) is 75.5 Å². The minimum Gasteiger partial charge on any atom is -0.383 e. The molecule has 1 unspecified atom stereocenters. The second-order valence-corrected chi connectivity index (χ2v) is 3.69. The lowest BCUT2D eigenvalue weighted by Gasteiger charge is -2.11. The second kappa shape index (κ2) is 3.84. The number of hydrogen-bond donors (Lipinski definition) is 1. The minimum absolute atomic E-state index is 0.417. The highest BCUT2D eigenvalue weighted by Crippen LogP contribution is 2.21. The fraction of sp³-hybridized carbons (Fsp3) is 0.273. The summed E-state index contributed by atoms with van der Waals surface area (Å²) in [6.45, 7) is 3.55. The Balaban J connectivity index is 2.30. The highest BCUT2D eigenvalue weighted by Gasteiger charge is 2.26.